The van der Waals surface area contributed by atoms with Gasteiger partial charge in [-0.2, -0.15) is 10.1 Å². The van der Waals surface area contributed by atoms with Gasteiger partial charge in [0.25, 0.3) is 11.8 Å². The van der Waals surface area contributed by atoms with Crippen LogP contribution in [-0.4, -0.2) is 35.7 Å². The van der Waals surface area contributed by atoms with Gasteiger partial charge in [0.05, 0.1) is 34.3 Å². The molecule has 7 heteroatoms. The van der Waals surface area contributed by atoms with Crippen LogP contribution in [0.5, 0.6) is 11.5 Å². The van der Waals surface area contributed by atoms with E-state index in [0.717, 1.165) is 27.0 Å². The zero-order valence-corrected chi connectivity index (χ0v) is 19.0. The Morgan fingerprint density at radius 2 is 1.86 bits per heavy atom. The van der Waals surface area contributed by atoms with Gasteiger partial charge in [-0.3, -0.25) is 9.59 Å². The lowest BCUT2D eigenvalue weighted by atomic mass is 9.85. The number of hydrogen-bond donors (Lipinski definition) is 0. The van der Waals surface area contributed by atoms with Crippen molar-refractivity contribution in [3.05, 3.63) is 33.4 Å². The van der Waals surface area contributed by atoms with Crippen LogP contribution in [0.3, 0.4) is 0 Å². The highest BCUT2D eigenvalue weighted by molar-refractivity contribution is 14.1. The molecule has 6 nitrogen and oxygen atoms in total. The molecule has 1 aliphatic heterocycles. The van der Waals surface area contributed by atoms with Crippen molar-refractivity contribution in [1.82, 2.24) is 5.01 Å². The summed E-state index contributed by atoms with van der Waals surface area (Å²) < 4.78 is 12.7. The molecule has 2 fully saturated rings. The van der Waals surface area contributed by atoms with Crippen molar-refractivity contribution in [2.24, 2.45) is 28.8 Å². The van der Waals surface area contributed by atoms with Crippen LogP contribution >= 0.6 is 22.6 Å². The molecular formula is C22H25IN2O4. The zero-order chi connectivity index (χ0) is 20.7. The van der Waals surface area contributed by atoms with E-state index in [1.54, 1.807) is 6.21 Å². The molecule has 1 saturated carbocycles. The predicted octanol–water partition coefficient (Wildman–Crippen LogP) is 4.01. The summed E-state index contributed by atoms with van der Waals surface area (Å²) in [7, 11) is 0. The molecule has 0 radical (unpaired) electrons. The second kappa shape index (κ2) is 8.08. The Balaban J connectivity index is 1.57. The van der Waals surface area contributed by atoms with Crippen molar-refractivity contribution in [3.63, 3.8) is 0 Å². The molecule has 154 valence electrons. The van der Waals surface area contributed by atoms with Crippen molar-refractivity contribution in [3.8, 4) is 11.5 Å². The molecule has 5 atom stereocenters. The monoisotopic (exact) mass is 508 g/mol. The van der Waals surface area contributed by atoms with E-state index >= 15 is 0 Å². The average Bonchev–Trinajstić information content (AvgIpc) is 3.37. The molecule has 4 rings (SSSR count). The third kappa shape index (κ3) is 3.58. The second-order valence-corrected chi connectivity index (χ2v) is 8.99. The summed E-state index contributed by atoms with van der Waals surface area (Å²) >= 11 is 2.21. The number of nitrogens with zero attached hydrogens (tertiary/aromatic N) is 2. The van der Waals surface area contributed by atoms with E-state index in [2.05, 4.69) is 46.8 Å². The number of allylic oxidation sites excluding steroid dienone is 2. The smallest absolute Gasteiger partial charge is 0.254 e. The number of fused-ring (bicyclic) bond motifs is 5. The van der Waals surface area contributed by atoms with Gasteiger partial charge in [0.15, 0.2) is 11.5 Å². The Labute approximate surface area is 184 Å². The highest BCUT2D eigenvalue weighted by Crippen LogP contribution is 2.52. The number of carbonyl (C=O) groups is 2. The fourth-order valence-electron chi connectivity index (χ4n) is 4.45. The number of hydrazone groups is 1. The number of carbonyl (C=O) groups excluding carboxylic acids is 2. The Kier molecular flexibility index (Phi) is 5.68. The van der Waals surface area contributed by atoms with E-state index in [9.17, 15) is 9.59 Å². The van der Waals surface area contributed by atoms with Crippen LogP contribution in [0.25, 0.3) is 0 Å². The first-order chi connectivity index (χ1) is 13.9. The molecule has 0 unspecified atom stereocenters. The Bertz CT molecular complexity index is 867. The van der Waals surface area contributed by atoms with E-state index in [4.69, 9.17) is 9.47 Å². The third-order valence-corrected chi connectivity index (χ3v) is 6.80. The minimum absolute atomic E-state index is 0.0745. The first-order valence-electron chi connectivity index (χ1n) is 10.2. The first-order valence-corrected chi connectivity index (χ1v) is 11.3. The van der Waals surface area contributed by atoms with E-state index < -0.39 is 0 Å². The fraction of sp³-hybridized carbons (Fsp3) is 0.500. The van der Waals surface area contributed by atoms with Gasteiger partial charge in [0.1, 0.15) is 0 Å². The van der Waals surface area contributed by atoms with Crippen LogP contribution in [0.2, 0.25) is 0 Å². The Morgan fingerprint density at radius 1 is 1.21 bits per heavy atom. The van der Waals surface area contributed by atoms with Gasteiger partial charge in [-0.25, -0.2) is 0 Å². The van der Waals surface area contributed by atoms with Crippen LogP contribution in [0.4, 0.5) is 0 Å². The molecule has 1 aromatic carbocycles. The molecule has 1 aromatic rings. The molecule has 2 bridgehead atoms. The molecule has 3 aliphatic rings. The van der Waals surface area contributed by atoms with Gasteiger partial charge in [0.2, 0.25) is 0 Å². The first kappa shape index (κ1) is 20.4. The highest BCUT2D eigenvalue weighted by Gasteiger charge is 2.59. The second-order valence-electron chi connectivity index (χ2n) is 7.83. The van der Waals surface area contributed by atoms with Crippen molar-refractivity contribution in [1.29, 1.82) is 0 Å². The quantitative estimate of drug-likeness (QED) is 0.242. The molecule has 0 spiro atoms. The number of benzene rings is 1. The molecular weight excluding hydrogens is 483 g/mol. The Hall–Kier alpha value is -1.90. The summed E-state index contributed by atoms with van der Waals surface area (Å²) in [5, 5.41) is 5.33. The Morgan fingerprint density at radius 3 is 2.45 bits per heavy atom. The number of amides is 2. The van der Waals surface area contributed by atoms with E-state index in [1.807, 2.05) is 26.0 Å². The van der Waals surface area contributed by atoms with Crippen molar-refractivity contribution in [2.75, 3.05) is 6.61 Å². The van der Waals surface area contributed by atoms with Gasteiger partial charge in [0, 0.05) is 0 Å². The highest BCUT2D eigenvalue weighted by atomic mass is 127. The lowest BCUT2D eigenvalue weighted by molar-refractivity contribution is -0.140. The fourth-order valence-corrected chi connectivity index (χ4v) is 5.20. The van der Waals surface area contributed by atoms with Crippen LogP contribution in [0.15, 0.2) is 29.4 Å². The summed E-state index contributed by atoms with van der Waals surface area (Å²) in [6.07, 6.45) is 7.60. The number of imide groups is 1. The van der Waals surface area contributed by atoms with E-state index in [0.29, 0.717) is 18.1 Å². The van der Waals surface area contributed by atoms with Crippen molar-refractivity contribution < 1.29 is 19.1 Å². The largest absolute Gasteiger partial charge is 0.490 e. The number of rotatable bonds is 7. The summed E-state index contributed by atoms with van der Waals surface area (Å²) in [5.41, 5.74) is 0.758. The van der Waals surface area contributed by atoms with Crippen molar-refractivity contribution >= 4 is 40.6 Å². The summed E-state index contributed by atoms with van der Waals surface area (Å²) in [6, 6.07) is 3.76. The molecule has 0 aromatic heterocycles. The topological polar surface area (TPSA) is 68.2 Å². The van der Waals surface area contributed by atoms with Crippen LogP contribution in [0, 0.1) is 27.2 Å². The minimum Gasteiger partial charge on any atom is -0.490 e. The van der Waals surface area contributed by atoms with Gasteiger partial charge < -0.3 is 9.47 Å². The minimum atomic E-state index is -0.236. The number of hydrogen-bond acceptors (Lipinski definition) is 5. The van der Waals surface area contributed by atoms with Gasteiger partial charge in [-0.1, -0.05) is 19.1 Å². The average molecular weight is 508 g/mol. The summed E-state index contributed by atoms with van der Waals surface area (Å²) in [4.78, 5) is 25.5. The predicted molar refractivity (Wildman–Crippen MR) is 118 cm³/mol. The van der Waals surface area contributed by atoms with Gasteiger partial charge in [-0.15, -0.1) is 0 Å². The maximum Gasteiger partial charge on any atom is 0.254 e. The normalized spacial score (nSPS) is 28.5. The maximum absolute atomic E-state index is 12.8. The molecule has 1 saturated heterocycles. The zero-order valence-electron chi connectivity index (χ0n) is 16.8. The lowest BCUT2D eigenvalue weighted by Crippen LogP contribution is -2.28. The molecule has 0 N–H and O–H groups in total. The van der Waals surface area contributed by atoms with E-state index in [1.165, 1.54) is 0 Å². The molecule has 2 amide bonds. The number of halogens is 1. The summed E-state index contributed by atoms with van der Waals surface area (Å²) in [6.45, 7) is 6.52. The maximum atomic E-state index is 12.8. The van der Waals surface area contributed by atoms with Crippen LogP contribution in [-0.2, 0) is 9.59 Å². The van der Waals surface area contributed by atoms with Crippen LogP contribution in [0.1, 0.15) is 39.2 Å². The third-order valence-electron chi connectivity index (χ3n) is 6.00. The number of ether oxygens (including phenoxy) is 2. The SMILES string of the molecule is CCOc1cc(C=NN2C(=O)[C@@H]3[C@H](C2=O)[C@H]2C=C[C@H]3C2)cc(I)c1O[C@@H](C)CC. The molecule has 2 aliphatic carbocycles. The lowest BCUT2D eigenvalue weighted by Gasteiger charge is -2.18. The molecule has 1 heterocycles. The van der Waals surface area contributed by atoms with E-state index in [-0.39, 0.29) is 41.6 Å². The molecule has 29 heavy (non-hydrogen) atoms. The van der Waals surface area contributed by atoms with Gasteiger partial charge in [-0.05, 0) is 78.8 Å². The van der Waals surface area contributed by atoms with Crippen LogP contribution < -0.4 is 9.47 Å². The summed E-state index contributed by atoms with van der Waals surface area (Å²) in [5.74, 6) is 0.895. The van der Waals surface area contributed by atoms with Gasteiger partial charge >= 0.3 is 0 Å². The standard InChI is InChI=1S/C22H25IN2O4/c1-4-12(3)29-20-16(23)8-13(9-17(20)28-5-2)11-24-25-21(26)18-14-6-7-15(10-14)19(18)22(25)27/h6-9,11-12,14-15,18-19H,4-5,10H2,1-3H3/t12-,14-,15-,18-,19+/m0/s1. The van der Waals surface area contributed by atoms with Crippen molar-refractivity contribution in [2.45, 2.75) is 39.7 Å².